The number of halogens is 3. The van der Waals surface area contributed by atoms with E-state index in [-0.39, 0.29) is 50.8 Å². The van der Waals surface area contributed by atoms with Crippen molar-refractivity contribution < 1.29 is 23.1 Å². The van der Waals surface area contributed by atoms with E-state index >= 15 is 8.78 Å². The highest BCUT2D eigenvalue weighted by atomic mass is 32.1. The van der Waals surface area contributed by atoms with E-state index in [4.69, 9.17) is 11.0 Å². The zero-order chi connectivity index (χ0) is 28.1. The molecule has 1 aromatic heterocycles. The second-order valence-corrected chi connectivity index (χ2v) is 11.4. The Labute approximate surface area is 227 Å². The molecule has 0 bridgehead atoms. The molecule has 1 fully saturated rings. The molecule has 5 N–H and O–H groups in total. The molecular formula is C27H27F3N6O2S. The number of rotatable bonds is 5. The van der Waals surface area contributed by atoms with Gasteiger partial charge >= 0.3 is 0 Å². The van der Waals surface area contributed by atoms with Gasteiger partial charge in [-0.2, -0.15) is 5.26 Å². The number of amides is 1. The van der Waals surface area contributed by atoms with Crippen LogP contribution in [0.4, 0.5) is 24.5 Å². The number of aliphatic hydroxyl groups is 1. The number of hydrogen-bond donors (Lipinski definition) is 4. The van der Waals surface area contributed by atoms with Crippen LogP contribution in [0, 0.1) is 28.8 Å². The molecule has 39 heavy (non-hydrogen) atoms. The standard InChI is InChI=1S/C27H27F3N6O2S/c1-27(2,13-37)36-24-20(33-34-36)9-18(22(29)23(24)30)25-17(14-5-6-15(11-31)19(28)8-14)10-21(39-25)26(38)35-7-3-4-16(32)12-35/h5-6,8-10,16,33-34,37H,3-4,7,12-13,32H2,1-2H3/t16-/m1/s1. The summed E-state index contributed by atoms with van der Waals surface area (Å²) < 4.78 is 46.0. The van der Waals surface area contributed by atoms with Crippen LogP contribution in [0.5, 0.6) is 0 Å². The highest BCUT2D eigenvalue weighted by molar-refractivity contribution is 7.18. The maximum absolute atomic E-state index is 15.8. The minimum Gasteiger partial charge on any atom is -0.394 e. The smallest absolute Gasteiger partial charge is 0.264 e. The third-order valence-corrected chi connectivity index (χ3v) is 8.19. The molecule has 1 saturated heterocycles. The first-order valence-corrected chi connectivity index (χ1v) is 13.2. The summed E-state index contributed by atoms with van der Waals surface area (Å²) in [6.07, 6.45) is 1.56. The number of anilines is 2. The molecule has 12 heteroatoms. The monoisotopic (exact) mass is 556 g/mol. The van der Waals surface area contributed by atoms with Gasteiger partial charge in [-0.1, -0.05) is 6.07 Å². The number of nitrogens with one attached hydrogen (secondary N) is 2. The number of carbonyl (C=O) groups excluding carboxylic acids is 1. The first-order valence-electron chi connectivity index (χ1n) is 12.4. The first-order chi connectivity index (χ1) is 18.6. The minimum atomic E-state index is -1.16. The lowest BCUT2D eigenvalue weighted by molar-refractivity contribution is 0.0713. The van der Waals surface area contributed by atoms with Crippen molar-refractivity contribution in [2.45, 2.75) is 38.3 Å². The molecule has 0 radical (unpaired) electrons. The van der Waals surface area contributed by atoms with Crippen LogP contribution in [0.2, 0.25) is 0 Å². The molecule has 0 aliphatic carbocycles. The summed E-state index contributed by atoms with van der Waals surface area (Å²) in [5.74, 6) is -3.37. The van der Waals surface area contributed by atoms with Crippen molar-refractivity contribution in [2.24, 2.45) is 5.73 Å². The van der Waals surface area contributed by atoms with Gasteiger partial charge in [0.15, 0.2) is 11.6 Å². The number of piperidine rings is 1. The Bertz CT molecular complexity index is 1500. The summed E-state index contributed by atoms with van der Waals surface area (Å²) in [4.78, 5) is 15.5. The average Bonchev–Trinajstić information content (AvgIpc) is 3.56. The van der Waals surface area contributed by atoms with E-state index in [0.717, 1.165) is 30.2 Å². The summed E-state index contributed by atoms with van der Waals surface area (Å²) >= 11 is 0.977. The molecule has 2 aliphatic heterocycles. The van der Waals surface area contributed by atoms with E-state index in [1.54, 1.807) is 30.9 Å². The summed E-state index contributed by atoms with van der Waals surface area (Å²) in [7, 11) is 0. The number of nitrogens with two attached hydrogens (primary N) is 1. The fourth-order valence-corrected chi connectivity index (χ4v) is 5.99. The van der Waals surface area contributed by atoms with Crippen LogP contribution in [-0.2, 0) is 0 Å². The SMILES string of the molecule is CC(C)(CO)N1NNc2cc(-c3sc(C(=O)N4CCC[C@@H](N)C4)cc3-c3ccc(C#N)c(F)c3)c(F)c(F)c21. The predicted molar refractivity (Wildman–Crippen MR) is 143 cm³/mol. The van der Waals surface area contributed by atoms with Crippen molar-refractivity contribution >= 4 is 28.6 Å². The van der Waals surface area contributed by atoms with E-state index in [1.807, 2.05) is 0 Å². The number of fused-ring (bicyclic) bond motifs is 1. The molecule has 1 atom stereocenters. The third kappa shape index (κ3) is 4.72. The number of likely N-dealkylation sites (tertiary alicyclic amines) is 1. The third-order valence-electron chi connectivity index (χ3n) is 7.03. The van der Waals surface area contributed by atoms with E-state index in [1.165, 1.54) is 23.2 Å². The summed E-state index contributed by atoms with van der Waals surface area (Å²) in [6.45, 7) is 3.87. The lowest BCUT2D eigenvalue weighted by atomic mass is 9.99. The number of aliphatic hydroxyl groups excluding tert-OH is 1. The number of carbonyl (C=O) groups is 1. The molecule has 0 spiro atoms. The molecule has 2 aromatic carbocycles. The Morgan fingerprint density at radius 3 is 2.67 bits per heavy atom. The van der Waals surface area contributed by atoms with Gasteiger partial charge in [0.1, 0.15) is 17.6 Å². The van der Waals surface area contributed by atoms with Crippen LogP contribution in [0.3, 0.4) is 0 Å². The lowest BCUT2D eigenvalue weighted by Gasteiger charge is -2.34. The number of nitriles is 1. The molecule has 0 saturated carbocycles. The van der Waals surface area contributed by atoms with E-state index in [2.05, 4.69) is 11.0 Å². The Kier molecular flexibility index (Phi) is 7.02. The van der Waals surface area contributed by atoms with Crippen molar-refractivity contribution in [3.05, 3.63) is 58.2 Å². The maximum atomic E-state index is 15.8. The van der Waals surface area contributed by atoms with E-state index in [0.29, 0.717) is 24.2 Å². The van der Waals surface area contributed by atoms with Gasteiger partial charge in [-0.25, -0.2) is 13.2 Å². The number of nitrogens with zero attached hydrogens (tertiary/aromatic N) is 3. The van der Waals surface area contributed by atoms with Crippen molar-refractivity contribution in [2.75, 3.05) is 30.1 Å². The molecule has 0 unspecified atom stereocenters. The first kappa shape index (κ1) is 27.0. The molecule has 1 amide bonds. The fourth-order valence-electron chi connectivity index (χ4n) is 4.83. The highest BCUT2D eigenvalue weighted by Crippen LogP contribution is 2.46. The van der Waals surface area contributed by atoms with Gasteiger partial charge in [-0.15, -0.1) is 16.9 Å². The second-order valence-electron chi connectivity index (χ2n) is 10.3. The predicted octanol–water partition coefficient (Wildman–Crippen LogP) is 4.36. The van der Waals surface area contributed by atoms with Gasteiger partial charge in [0, 0.05) is 35.1 Å². The second kappa shape index (κ2) is 10.2. The summed E-state index contributed by atoms with van der Waals surface area (Å²) in [5.41, 5.74) is 11.2. The van der Waals surface area contributed by atoms with Gasteiger partial charge < -0.3 is 21.2 Å². The molecular weight excluding hydrogens is 529 g/mol. The van der Waals surface area contributed by atoms with Crippen LogP contribution in [-0.4, -0.2) is 47.2 Å². The summed E-state index contributed by atoms with van der Waals surface area (Å²) in [6, 6.07) is 8.52. The number of benzene rings is 2. The fraction of sp³-hybridized carbons (Fsp3) is 0.333. The highest BCUT2D eigenvalue weighted by Gasteiger charge is 2.37. The molecule has 8 nitrogen and oxygen atoms in total. The van der Waals surface area contributed by atoms with Crippen LogP contribution in [0.25, 0.3) is 21.6 Å². The molecule has 3 aromatic rings. The quantitative estimate of drug-likeness (QED) is 0.369. The Hall–Kier alpha value is -3.63. The topological polar surface area (TPSA) is 118 Å². The van der Waals surface area contributed by atoms with Gasteiger partial charge in [-0.05, 0) is 56.5 Å². The van der Waals surface area contributed by atoms with Crippen molar-refractivity contribution in [3.8, 4) is 27.6 Å². The number of hydrogen-bond acceptors (Lipinski definition) is 8. The Balaban J connectivity index is 1.66. The Morgan fingerprint density at radius 1 is 1.23 bits per heavy atom. The van der Waals surface area contributed by atoms with Crippen molar-refractivity contribution in [1.82, 2.24) is 10.4 Å². The van der Waals surface area contributed by atoms with Crippen LogP contribution >= 0.6 is 11.3 Å². The zero-order valence-electron chi connectivity index (χ0n) is 21.3. The summed E-state index contributed by atoms with van der Waals surface area (Å²) in [5, 5.41) is 20.2. The van der Waals surface area contributed by atoms with Crippen LogP contribution in [0.1, 0.15) is 41.9 Å². The lowest BCUT2D eigenvalue weighted by Crippen LogP contribution is -2.53. The van der Waals surface area contributed by atoms with Gasteiger partial charge in [0.05, 0.1) is 28.3 Å². The van der Waals surface area contributed by atoms with Crippen molar-refractivity contribution in [3.63, 3.8) is 0 Å². The normalized spacial score (nSPS) is 17.1. The number of hydrazine groups is 2. The largest absolute Gasteiger partial charge is 0.394 e. The van der Waals surface area contributed by atoms with E-state index < -0.39 is 23.0 Å². The minimum absolute atomic E-state index is 0.101. The maximum Gasteiger partial charge on any atom is 0.264 e. The van der Waals surface area contributed by atoms with Gasteiger partial charge in [0.2, 0.25) is 0 Å². The number of thiophene rings is 1. The van der Waals surface area contributed by atoms with E-state index in [9.17, 15) is 14.3 Å². The van der Waals surface area contributed by atoms with Crippen molar-refractivity contribution in [1.29, 1.82) is 5.26 Å². The molecule has 3 heterocycles. The van der Waals surface area contributed by atoms with Crippen LogP contribution < -0.4 is 21.7 Å². The van der Waals surface area contributed by atoms with Gasteiger partial charge in [-0.3, -0.25) is 9.80 Å². The molecule has 204 valence electrons. The molecule has 5 rings (SSSR count). The van der Waals surface area contributed by atoms with Crippen LogP contribution in [0.15, 0.2) is 30.3 Å². The molecule has 2 aliphatic rings. The zero-order valence-corrected chi connectivity index (χ0v) is 22.1. The Morgan fingerprint density at radius 2 is 2.00 bits per heavy atom. The van der Waals surface area contributed by atoms with Gasteiger partial charge in [0.25, 0.3) is 5.91 Å². The average molecular weight is 557 g/mol.